The van der Waals surface area contributed by atoms with Crippen molar-refractivity contribution < 1.29 is 48.7 Å². The predicted molar refractivity (Wildman–Crippen MR) is 614 cm³/mol. The van der Waals surface area contributed by atoms with E-state index < -0.39 is 37.0 Å². The van der Waals surface area contributed by atoms with Crippen LogP contribution in [0.15, 0.2) is 174 Å². The van der Waals surface area contributed by atoms with Crippen molar-refractivity contribution in [2.45, 2.75) is 308 Å². The number of alkyl halides is 4. The molecule has 2 heterocycles. The molecule has 776 valence electrons. The number of nitrogens with one attached hydrogen (secondary N) is 2. The smallest absolute Gasteiger partial charge is 0.417 e. The number of hydrogen-bond acceptors (Lipinski definition) is 6. The third-order valence-corrected chi connectivity index (χ3v) is 24.6. The van der Waals surface area contributed by atoms with Crippen LogP contribution in [0.2, 0.25) is 26.2 Å². The second-order valence-electron chi connectivity index (χ2n) is 37.8. The number of benzene rings is 11. The van der Waals surface area contributed by atoms with E-state index in [1.165, 1.54) is 248 Å². The largest absolute Gasteiger partial charge is 0.466 e. The van der Waals surface area contributed by atoms with E-state index in [2.05, 4.69) is 425 Å². The van der Waals surface area contributed by atoms with Crippen LogP contribution in [-0.2, 0) is 37.6 Å². The van der Waals surface area contributed by atoms with Crippen LogP contribution < -0.4 is 5.32 Å². The summed E-state index contributed by atoms with van der Waals surface area (Å²) in [6.45, 7) is 84.3. The summed E-state index contributed by atoms with van der Waals surface area (Å²) in [7, 11) is 6.14. The van der Waals surface area contributed by atoms with Crippen LogP contribution in [0, 0.1) is 222 Å². The van der Waals surface area contributed by atoms with Crippen molar-refractivity contribution in [1.29, 1.82) is 0 Å². The zero-order valence-corrected chi connectivity index (χ0v) is 97.4. The van der Waals surface area contributed by atoms with Gasteiger partial charge < -0.3 is 19.5 Å². The Balaban J connectivity index is -0.000000724. The Morgan fingerprint density at radius 3 is 0.829 bits per heavy atom. The van der Waals surface area contributed by atoms with Gasteiger partial charge in [-0.25, -0.2) is 4.21 Å². The first-order valence-corrected chi connectivity index (χ1v) is 54.7. The molecule has 2 aromatic heterocycles. The Bertz CT molecular complexity index is 5480. The summed E-state index contributed by atoms with van der Waals surface area (Å²) in [5, 5.41) is 10.8. The van der Waals surface area contributed by atoms with Gasteiger partial charge in [-0.1, -0.05) is 212 Å². The first-order chi connectivity index (χ1) is 64.4. The van der Waals surface area contributed by atoms with Crippen molar-refractivity contribution in [3.05, 3.63) is 370 Å². The molecule has 11 aromatic carbocycles. The monoisotopic (exact) mass is 1990 g/mol. The number of hydrogen-bond donors (Lipinski definition) is 2. The number of halogens is 6. The quantitative estimate of drug-likeness (QED) is 0.132. The molecule has 0 aliphatic heterocycles. The summed E-state index contributed by atoms with van der Waals surface area (Å²) in [6.07, 6.45) is 1.31. The van der Waals surface area contributed by atoms with E-state index in [0.717, 1.165) is 24.4 Å². The lowest BCUT2D eigenvalue weighted by atomic mass is 9.93. The van der Waals surface area contributed by atoms with E-state index in [1.807, 2.05) is 26.4 Å². The zero-order chi connectivity index (χ0) is 108. The zero-order valence-electron chi connectivity index (χ0n) is 94.8. The van der Waals surface area contributed by atoms with Crippen molar-refractivity contribution in [3.63, 3.8) is 0 Å². The van der Waals surface area contributed by atoms with Crippen molar-refractivity contribution in [2.75, 3.05) is 54.3 Å². The lowest BCUT2D eigenvalue weighted by Gasteiger charge is -2.12. The minimum absolute atomic E-state index is 0. The second-order valence-corrected chi connectivity index (χ2v) is 45.7. The fourth-order valence-corrected chi connectivity index (χ4v) is 13.4. The minimum atomic E-state index is -4.89. The first kappa shape index (κ1) is 136. The number of aryl methyl sites for hydroxylation is 26. The maximum atomic E-state index is 11.2. The molecule has 0 bridgehead atoms. The van der Waals surface area contributed by atoms with Gasteiger partial charge in [0, 0.05) is 53.9 Å². The first-order valence-electron chi connectivity index (χ1n) is 47.6. The van der Waals surface area contributed by atoms with Gasteiger partial charge in [0.1, 0.15) is 11.5 Å². The molecule has 140 heavy (non-hydrogen) atoms. The van der Waals surface area contributed by atoms with Gasteiger partial charge in [0.25, 0.3) is 6.08 Å². The number of allylic oxidation sites excluding steroid dienone is 1. The van der Waals surface area contributed by atoms with Gasteiger partial charge in [0.15, 0.2) is 11.1 Å². The fraction of sp³-hybridized carbons (Fsp3) is 0.427. The summed E-state index contributed by atoms with van der Waals surface area (Å²) >= 11 is 0.677. The molecule has 1 unspecified atom stereocenters. The minimum Gasteiger partial charge on any atom is -0.466 e. The highest BCUT2D eigenvalue weighted by atomic mass is 32.2. The molecule has 0 saturated heterocycles. The average molecular weight is 1990 g/mol. The fourth-order valence-electron chi connectivity index (χ4n) is 13.4. The van der Waals surface area contributed by atoms with Crippen molar-refractivity contribution in [1.82, 2.24) is 10.3 Å². The molecule has 0 aliphatic carbocycles. The molecule has 0 saturated carbocycles. The molecule has 0 spiro atoms. The number of aromatic amines is 1. The molecule has 2 N–H and O–H groups in total. The Morgan fingerprint density at radius 1 is 0.393 bits per heavy atom. The number of aromatic nitrogens is 1. The second kappa shape index (κ2) is 69.2. The number of fused-ring (bicyclic) bond motifs is 3. The van der Waals surface area contributed by atoms with Crippen LogP contribution in [0.25, 0.3) is 32.3 Å². The number of H-pyrrole nitrogens is 1. The van der Waals surface area contributed by atoms with Gasteiger partial charge >= 0.3 is 6.18 Å². The number of ether oxygens (including phenoxy) is 1. The highest BCUT2D eigenvalue weighted by molar-refractivity contribution is 7.97. The van der Waals surface area contributed by atoms with E-state index in [9.17, 15) is 35.3 Å². The molecule has 16 heteroatoms. The van der Waals surface area contributed by atoms with E-state index in [-0.39, 0.29) is 13.3 Å². The highest BCUT2D eigenvalue weighted by Gasteiger charge is 2.34. The van der Waals surface area contributed by atoms with Gasteiger partial charge in [-0.05, 0) is 464 Å². The molecule has 1 atom stereocenters. The molecular weight excluding hydrogens is 1800 g/mol. The highest BCUT2D eigenvalue weighted by Crippen LogP contribution is 2.32. The van der Waals surface area contributed by atoms with E-state index in [0.29, 0.717) is 14.1 Å². The van der Waals surface area contributed by atoms with E-state index in [1.54, 1.807) is 33.0 Å². The number of furan rings is 1. The topological polar surface area (TPSA) is 93.6 Å². The lowest BCUT2D eigenvalue weighted by molar-refractivity contribution is -0.118. The summed E-state index contributed by atoms with van der Waals surface area (Å²) in [5.74, 6) is 2.10. The summed E-state index contributed by atoms with van der Waals surface area (Å²) < 4.78 is 88.7. The third kappa shape index (κ3) is 50.7. The van der Waals surface area contributed by atoms with Gasteiger partial charge in [-0.15, -0.1) is 0 Å². The number of carbonyl (C=O) groups is 1. The average Bonchev–Trinajstić information content (AvgIpc) is 0.888. The van der Waals surface area contributed by atoms with Crippen LogP contribution in [0.5, 0.6) is 0 Å². The summed E-state index contributed by atoms with van der Waals surface area (Å²) in [4.78, 5) is 13.0. The van der Waals surface area contributed by atoms with Gasteiger partial charge in [-0.2, -0.15) is 33.7 Å². The van der Waals surface area contributed by atoms with Crippen LogP contribution in [0.1, 0.15) is 242 Å². The summed E-state index contributed by atoms with van der Waals surface area (Å²) in [6, 6.07) is 58.0. The SMILES string of the molecule is C.CC(=C(F)F)C(F)(F)F.CCC.CF.CNC(C)=O.COC.COS(C)=O.CSC.C[Si](C)(C)C.Cc1[nH]c(C)c(C)c1C.Cc1cc(C)c(C)cc1C.Cc1cc2cc(C)c(C)cc2cc1C.Cc1ccc(C)c2c(C)ccc(C)c12.Cc1ccc(Cc2ccc(C)c(C)c2)cc1C.Cc1ccc2c(C)c(C)ccc2c1C.Cc1cccc(Cc2cccc(C)c2C)c1C.Cc1oc(C)c(C)c1C. The van der Waals surface area contributed by atoms with Crippen LogP contribution in [-0.4, -0.2) is 83.7 Å². The lowest BCUT2D eigenvalue weighted by Crippen LogP contribution is -2.11. The molecule has 1 amide bonds. The molecular formula is C124H182F6N2O5S2Si. The third-order valence-electron chi connectivity index (χ3n) is 24.1. The Morgan fingerprint density at radius 2 is 0.629 bits per heavy atom. The van der Waals surface area contributed by atoms with Crippen LogP contribution in [0.4, 0.5) is 26.3 Å². The molecule has 7 nitrogen and oxygen atoms in total. The van der Waals surface area contributed by atoms with Crippen LogP contribution in [0.3, 0.4) is 0 Å². The number of thioether (sulfide) groups is 1. The van der Waals surface area contributed by atoms with Crippen molar-refractivity contribution in [2.24, 2.45) is 0 Å². The normalized spacial score (nSPS) is 10.2. The molecule has 13 aromatic rings. The Hall–Kier alpha value is -9.81. The van der Waals surface area contributed by atoms with E-state index in [4.69, 9.17) is 4.42 Å². The predicted octanol–water partition coefficient (Wildman–Crippen LogP) is 37.2. The van der Waals surface area contributed by atoms with Gasteiger partial charge in [-0.3, -0.25) is 13.4 Å². The Labute approximate surface area is 855 Å². The van der Waals surface area contributed by atoms with Gasteiger partial charge in [0.05, 0.1) is 19.9 Å². The number of rotatable bonds is 5. The van der Waals surface area contributed by atoms with Gasteiger partial charge in [0.2, 0.25) is 5.91 Å². The van der Waals surface area contributed by atoms with Crippen LogP contribution >= 0.6 is 11.8 Å². The number of methoxy groups -OCH3 is 1. The molecule has 0 aliphatic rings. The summed E-state index contributed by atoms with van der Waals surface area (Å²) in [5.41, 5.74) is 45.1. The van der Waals surface area contributed by atoms with Crippen molar-refractivity contribution in [3.8, 4) is 0 Å². The Kier molecular flexibility index (Phi) is 67.4. The maximum absolute atomic E-state index is 11.2. The molecule has 13 rings (SSSR count). The molecule has 0 fully saturated rings. The number of amides is 1. The molecule has 0 radical (unpaired) electrons. The maximum Gasteiger partial charge on any atom is 0.417 e. The number of carbonyl (C=O) groups excluding carboxylic acids is 1. The van der Waals surface area contributed by atoms with Crippen molar-refractivity contribution >= 4 is 69.1 Å². The van der Waals surface area contributed by atoms with E-state index >= 15 is 0 Å². The standard InChI is InChI=1S/2C17H20.3C14H16.C10H14.C8H13N.C8H12O.C4H3F5.C4H12Si.C3H7NO.C3H8.C2H6O2S.C2H6O.C2H6S.CH3F.CH4/c1-12-5-7-16(9-14(12)3)11-17-8-6-13(2)15(4)10-17;1-12-7-5-9-16(14(12)3)11-17-10-6-8-13(2)15(17)4;1-9-5-13-7-11(3)12(4)8-14(13)6-10(9)2;1-9-5-7-14-12(4)10(2)6-8-13(14)11(9)3;1-9-5-6-11(3)14-12(4)8-7-10(2)13(9)14;1-7-5-9(3)10(4)6-8(7)2;2*1-5-6(2)8(4)9-7(5)3;1-2(3(5)6)4(7,8)9;1-5(2,3)4;1-3(5)4-2;1-3-2;1-4-5(2)3;2*1-3-2;1-2;/h2*5-10H,11H2,1-4H3;3*5-8H,1-4H3;5-6H,1-4H3;9H,1-4H3;1-4H3;1H3;1-4H3;1-2H3,(H,4,5);3H2,1-2H3;1-2H3;2*1-2H3;1H3;1H4.